The van der Waals surface area contributed by atoms with Gasteiger partial charge in [-0.3, -0.25) is 9.97 Å². The summed E-state index contributed by atoms with van der Waals surface area (Å²) in [6, 6.07) is 15.7. The van der Waals surface area contributed by atoms with Gasteiger partial charge in [0, 0.05) is 41.1 Å². The van der Waals surface area contributed by atoms with Crippen LogP contribution < -0.4 is 0 Å². The Morgan fingerprint density at radius 2 is 1.95 bits per heavy atom. The molecule has 0 amide bonds. The Hall–Kier alpha value is -4.31. The fourth-order valence-corrected chi connectivity index (χ4v) is 6.52. The summed E-state index contributed by atoms with van der Waals surface area (Å²) in [6.45, 7) is 11.4. The van der Waals surface area contributed by atoms with Gasteiger partial charge in [0.05, 0.1) is 35.1 Å². The Bertz CT molecular complexity index is 1590. The number of aromatic nitrogens is 4. The highest BCUT2D eigenvalue weighted by atomic mass is 19.1. The summed E-state index contributed by atoms with van der Waals surface area (Å²) in [6.07, 6.45) is 7.46. The van der Waals surface area contributed by atoms with E-state index in [1.165, 1.54) is 5.56 Å². The zero-order chi connectivity index (χ0) is 26.4. The second-order valence-corrected chi connectivity index (χ2v) is 10.5. The minimum Gasteiger partial charge on any atom is -0.523 e. The van der Waals surface area contributed by atoms with Gasteiger partial charge in [-0.2, -0.15) is 5.10 Å². The van der Waals surface area contributed by atoms with E-state index in [4.69, 9.17) is 11.7 Å². The van der Waals surface area contributed by atoms with E-state index >= 15 is 0 Å². The third-order valence-corrected chi connectivity index (χ3v) is 8.38. The molecule has 6 rings (SSSR count). The van der Waals surface area contributed by atoms with Crippen LogP contribution in [0, 0.1) is 18.4 Å². The molecule has 6 nitrogen and oxygen atoms in total. The van der Waals surface area contributed by atoms with Gasteiger partial charge in [-0.05, 0) is 72.7 Å². The molecule has 0 saturated carbocycles. The molecule has 3 atom stereocenters. The molecule has 3 heterocycles. The molecule has 38 heavy (non-hydrogen) atoms. The predicted molar refractivity (Wildman–Crippen MR) is 144 cm³/mol. The topological polar surface area (TPSA) is 68.2 Å². The van der Waals surface area contributed by atoms with Crippen LogP contribution in [0.5, 0.6) is 0 Å². The van der Waals surface area contributed by atoms with Crippen LogP contribution in [-0.4, -0.2) is 24.9 Å². The summed E-state index contributed by atoms with van der Waals surface area (Å²) in [5, 5.41) is 15.9. The fourth-order valence-electron chi connectivity index (χ4n) is 6.52. The van der Waals surface area contributed by atoms with Crippen LogP contribution in [0.25, 0.3) is 32.9 Å². The zero-order valence-electron chi connectivity index (χ0n) is 21.4. The summed E-state index contributed by atoms with van der Waals surface area (Å²) < 4.78 is 15.2. The van der Waals surface area contributed by atoms with Gasteiger partial charge >= 0.3 is 0 Å². The van der Waals surface area contributed by atoms with E-state index < -0.39 is 6.67 Å². The van der Waals surface area contributed by atoms with E-state index in [-0.39, 0.29) is 23.0 Å². The van der Waals surface area contributed by atoms with Gasteiger partial charge in [0.2, 0.25) is 5.70 Å². The van der Waals surface area contributed by atoms with E-state index in [0.717, 1.165) is 46.6 Å². The fraction of sp³-hybridized carbons (Fsp3) is 0.290. The highest BCUT2D eigenvalue weighted by molar-refractivity contribution is 5.68. The second kappa shape index (κ2) is 9.21. The number of fused-ring (bicyclic) bond motifs is 3. The van der Waals surface area contributed by atoms with Gasteiger partial charge in [-0.25, -0.2) is 13.9 Å². The molecule has 0 spiro atoms. The van der Waals surface area contributed by atoms with Gasteiger partial charge in [-0.15, -0.1) is 0 Å². The van der Waals surface area contributed by atoms with Crippen molar-refractivity contribution in [3.63, 3.8) is 0 Å². The summed E-state index contributed by atoms with van der Waals surface area (Å²) in [5.41, 5.74) is 7.43. The summed E-state index contributed by atoms with van der Waals surface area (Å²) in [4.78, 5) is 12.1. The van der Waals surface area contributed by atoms with E-state index in [2.05, 4.69) is 21.7 Å². The number of rotatable bonds is 4. The maximum Gasteiger partial charge on any atom is 0.203 e. The van der Waals surface area contributed by atoms with Gasteiger partial charge < -0.3 is 5.11 Å². The van der Waals surface area contributed by atoms with Crippen LogP contribution in [0.3, 0.4) is 0 Å². The van der Waals surface area contributed by atoms with E-state index in [0.29, 0.717) is 17.8 Å². The number of allylic oxidation sites excluding steroid dienone is 2. The van der Waals surface area contributed by atoms with Crippen LogP contribution >= 0.6 is 0 Å². The molecule has 190 valence electrons. The number of hydrogen-bond acceptors (Lipinski definition) is 4. The lowest BCUT2D eigenvalue weighted by Crippen LogP contribution is -2.45. The van der Waals surface area contributed by atoms with Gasteiger partial charge in [0.1, 0.15) is 6.67 Å². The largest absolute Gasteiger partial charge is 0.523 e. The van der Waals surface area contributed by atoms with Gasteiger partial charge in [-0.1, -0.05) is 26.0 Å². The smallest absolute Gasteiger partial charge is 0.203 e. The van der Waals surface area contributed by atoms with Crippen molar-refractivity contribution in [2.24, 2.45) is 11.8 Å². The van der Waals surface area contributed by atoms with Crippen molar-refractivity contribution in [3.8, 4) is 28.1 Å². The predicted octanol–water partition coefficient (Wildman–Crippen LogP) is 7.01. The van der Waals surface area contributed by atoms with Crippen molar-refractivity contribution >= 4 is 0 Å². The van der Waals surface area contributed by atoms with Crippen molar-refractivity contribution in [1.29, 1.82) is 0 Å². The van der Waals surface area contributed by atoms with Crippen LogP contribution in [-0.2, 0) is 18.5 Å². The van der Waals surface area contributed by atoms with Crippen LogP contribution in [0.4, 0.5) is 4.39 Å². The number of aliphatic hydroxyl groups excluding tert-OH is 1. The average Bonchev–Trinajstić information content (AvgIpc) is 3.37. The molecule has 1 aromatic carbocycles. The maximum absolute atomic E-state index is 13.2. The molecule has 3 aromatic heterocycles. The van der Waals surface area contributed by atoms with Gasteiger partial charge in [0.15, 0.2) is 0 Å². The first-order valence-electron chi connectivity index (χ1n) is 12.9. The summed E-state index contributed by atoms with van der Waals surface area (Å²) in [5.74, 6) is 0.321. The lowest BCUT2D eigenvalue weighted by Gasteiger charge is -2.48. The molecule has 0 saturated heterocycles. The molecular formula is C31H28FN5O. The van der Waals surface area contributed by atoms with Crippen molar-refractivity contribution in [2.45, 2.75) is 45.2 Å². The number of alkyl halides is 1. The molecule has 0 fully saturated rings. The van der Waals surface area contributed by atoms with Crippen molar-refractivity contribution < 1.29 is 9.50 Å². The number of hydrogen-bond donors (Lipinski definition) is 1. The first-order valence-corrected chi connectivity index (χ1v) is 12.9. The summed E-state index contributed by atoms with van der Waals surface area (Å²) in [7, 11) is 0. The minimum atomic E-state index is -0.600. The Labute approximate surface area is 221 Å². The number of halogens is 1. The summed E-state index contributed by atoms with van der Waals surface area (Å²) >= 11 is 0. The highest BCUT2D eigenvalue weighted by Gasteiger charge is 2.51. The molecule has 1 N–H and O–H groups in total. The third kappa shape index (κ3) is 3.71. The Morgan fingerprint density at radius 3 is 2.66 bits per heavy atom. The standard InChI is InChI=1S/C31H28FN5O/c1-19-26-11-10-25-28(22-5-4-13-34-18-22)36-37(30(25)31(26,2)16-27(33-3)29(19)38)24-8-6-20(7-9-24)21-12-14-35-23(15-21)17-32/h4-9,12-15,18-19,26,38H,10-11,16-17H2,1-2H3/t19-,26-,31-/m1/s1. The first kappa shape index (κ1) is 24.1. The molecule has 0 bridgehead atoms. The van der Waals surface area contributed by atoms with Crippen molar-refractivity contribution in [2.75, 3.05) is 0 Å². The van der Waals surface area contributed by atoms with Gasteiger partial charge in [0.25, 0.3) is 0 Å². The maximum atomic E-state index is 13.2. The molecule has 2 aliphatic carbocycles. The van der Waals surface area contributed by atoms with Crippen LogP contribution in [0.2, 0.25) is 0 Å². The van der Waals surface area contributed by atoms with E-state index in [1.807, 2.05) is 60.3 Å². The number of nitrogens with zero attached hydrogens (tertiary/aromatic N) is 5. The Balaban J connectivity index is 1.52. The highest BCUT2D eigenvalue weighted by Crippen LogP contribution is 2.55. The SMILES string of the molecule is [C-]#[N+]C1=C(O)[C@H](C)[C@H]2CCc3c(-c4cccnc4)nn(-c4ccc(-c5ccnc(CF)c5)cc4)c3[C@]2(C)C1. The van der Waals surface area contributed by atoms with Crippen molar-refractivity contribution in [1.82, 2.24) is 19.7 Å². The lowest BCUT2D eigenvalue weighted by molar-refractivity contribution is 0.133. The molecule has 0 unspecified atom stereocenters. The minimum absolute atomic E-state index is 0.102. The molecular weight excluding hydrogens is 477 g/mol. The quantitative estimate of drug-likeness (QED) is 0.303. The molecule has 7 heteroatoms. The van der Waals surface area contributed by atoms with E-state index in [1.54, 1.807) is 18.5 Å². The number of benzene rings is 1. The average molecular weight is 506 g/mol. The lowest BCUT2D eigenvalue weighted by atomic mass is 9.57. The molecule has 0 radical (unpaired) electrons. The third-order valence-electron chi connectivity index (χ3n) is 8.38. The number of pyridine rings is 2. The van der Waals surface area contributed by atoms with Crippen LogP contribution in [0.15, 0.2) is 78.6 Å². The second-order valence-electron chi connectivity index (χ2n) is 10.5. The Morgan fingerprint density at radius 1 is 1.13 bits per heavy atom. The monoisotopic (exact) mass is 505 g/mol. The van der Waals surface area contributed by atoms with Crippen molar-refractivity contribution in [3.05, 3.63) is 107 Å². The molecule has 4 aromatic rings. The Kier molecular flexibility index (Phi) is 5.83. The van der Waals surface area contributed by atoms with Crippen LogP contribution in [0.1, 0.15) is 43.6 Å². The first-order chi connectivity index (χ1) is 18.4. The molecule has 2 aliphatic rings. The zero-order valence-corrected chi connectivity index (χ0v) is 21.4. The molecule has 0 aliphatic heterocycles. The normalized spacial score (nSPS) is 22.5. The van der Waals surface area contributed by atoms with E-state index in [9.17, 15) is 9.50 Å². The number of aliphatic hydroxyl groups is 1.